The van der Waals surface area contributed by atoms with E-state index in [1.807, 2.05) is 24.3 Å². The van der Waals surface area contributed by atoms with Gasteiger partial charge in [0.2, 0.25) is 0 Å². The van der Waals surface area contributed by atoms with Gasteiger partial charge in [-0.05, 0) is 17.0 Å². The molecule has 0 aliphatic carbocycles. The number of hydrogen-bond donors (Lipinski definition) is 1. The first-order valence-electron chi connectivity index (χ1n) is 6.19. The zero-order valence-electron chi connectivity index (χ0n) is 10.6. The van der Waals surface area contributed by atoms with E-state index in [4.69, 9.17) is 4.55 Å². The number of thiophene rings is 1. The molecule has 2 aliphatic rings. The van der Waals surface area contributed by atoms with E-state index in [2.05, 4.69) is 4.28 Å². The van der Waals surface area contributed by atoms with Crippen LogP contribution in [-0.2, 0) is 21.2 Å². The van der Waals surface area contributed by atoms with Gasteiger partial charge in [0, 0.05) is 16.1 Å². The minimum Gasteiger partial charge on any atom is -0.316 e. The Morgan fingerprint density at radius 1 is 1.33 bits per heavy atom. The topological polar surface area (TPSA) is 87.2 Å². The number of carbonyl (C=O) groups excluding carboxylic acids is 1. The molecule has 0 saturated carbocycles. The number of fused-ring (bicyclic) bond motifs is 6. The number of hydroxylamine groups is 2. The monoisotopic (exact) mass is 326 g/mol. The highest BCUT2D eigenvalue weighted by atomic mass is 32.3. The predicted octanol–water partition coefficient (Wildman–Crippen LogP) is 1.93. The number of nitrogens with zero attached hydrogens (tertiary/aromatic N) is 2. The third-order valence-corrected chi connectivity index (χ3v) is 5.35. The Labute approximate surface area is 124 Å². The molecular formula is C12H10N2O5S2. The molecule has 1 unspecified atom stereocenters. The summed E-state index contributed by atoms with van der Waals surface area (Å²) >= 11 is 1.51. The predicted molar refractivity (Wildman–Crippen MR) is 74.8 cm³/mol. The summed E-state index contributed by atoms with van der Waals surface area (Å²) in [5.74, 6) is 0. The fraction of sp³-hybridized carbons (Fsp3) is 0.250. The van der Waals surface area contributed by atoms with Gasteiger partial charge in [-0.1, -0.05) is 18.2 Å². The molecule has 3 heterocycles. The van der Waals surface area contributed by atoms with Crippen LogP contribution in [0.25, 0.3) is 10.1 Å². The lowest BCUT2D eigenvalue weighted by atomic mass is 10.0. The standard InChI is InChI=1S/C12H10N2O5S2/c15-12-13-5-8-7-3-1-2-4-10(7)20-11(8)9(6-13)14(12)19-21(16,17)18/h1-4,9H,5-6H2,(H,16,17,18). The SMILES string of the molecule is O=C1N2Cc3c(sc4ccccc34)C(C2)N1OS(=O)(=O)O. The maximum absolute atomic E-state index is 12.1. The third-order valence-electron chi connectivity index (χ3n) is 3.69. The molecule has 110 valence electrons. The maximum Gasteiger partial charge on any atom is 0.418 e. The van der Waals surface area contributed by atoms with Crippen molar-refractivity contribution in [1.82, 2.24) is 9.96 Å². The van der Waals surface area contributed by atoms with Crippen molar-refractivity contribution in [1.29, 1.82) is 0 Å². The molecule has 7 nitrogen and oxygen atoms in total. The van der Waals surface area contributed by atoms with Gasteiger partial charge in [0.25, 0.3) is 0 Å². The number of urea groups is 1. The number of hydrogen-bond acceptors (Lipinski definition) is 5. The highest BCUT2D eigenvalue weighted by Crippen LogP contribution is 2.45. The summed E-state index contributed by atoms with van der Waals surface area (Å²) < 4.78 is 36.2. The van der Waals surface area contributed by atoms with Crippen LogP contribution in [0.15, 0.2) is 24.3 Å². The van der Waals surface area contributed by atoms with Crippen LogP contribution < -0.4 is 0 Å². The number of carbonyl (C=O) groups is 1. The van der Waals surface area contributed by atoms with Crippen molar-refractivity contribution in [3.05, 3.63) is 34.7 Å². The second-order valence-corrected chi connectivity index (χ2v) is 7.04. The summed E-state index contributed by atoms with van der Waals surface area (Å²) in [4.78, 5) is 14.5. The van der Waals surface area contributed by atoms with E-state index < -0.39 is 22.5 Å². The van der Waals surface area contributed by atoms with Crippen LogP contribution in [0.5, 0.6) is 0 Å². The molecule has 21 heavy (non-hydrogen) atoms. The summed E-state index contributed by atoms with van der Waals surface area (Å²) in [5, 5.41) is 1.81. The molecular weight excluding hydrogens is 316 g/mol. The van der Waals surface area contributed by atoms with E-state index in [0.29, 0.717) is 13.1 Å². The fourth-order valence-electron chi connectivity index (χ4n) is 2.88. The minimum atomic E-state index is -4.73. The molecule has 1 N–H and O–H groups in total. The Hall–Kier alpha value is -1.68. The van der Waals surface area contributed by atoms with Crippen LogP contribution >= 0.6 is 11.3 Å². The normalized spacial score (nSPS) is 21.2. The Balaban J connectivity index is 1.85. The van der Waals surface area contributed by atoms with Crippen molar-refractivity contribution in [2.75, 3.05) is 6.54 Å². The second-order valence-electron chi connectivity index (χ2n) is 4.95. The highest BCUT2D eigenvalue weighted by Gasteiger charge is 2.47. The molecule has 1 atom stereocenters. The molecule has 1 aromatic carbocycles. The largest absolute Gasteiger partial charge is 0.418 e. The lowest BCUT2D eigenvalue weighted by Crippen LogP contribution is -2.32. The summed E-state index contributed by atoms with van der Waals surface area (Å²) in [6, 6.07) is 6.76. The molecule has 4 rings (SSSR count). The molecule has 2 amide bonds. The van der Waals surface area contributed by atoms with Gasteiger partial charge in [0.15, 0.2) is 0 Å². The summed E-state index contributed by atoms with van der Waals surface area (Å²) in [7, 11) is -4.73. The van der Waals surface area contributed by atoms with E-state index in [-0.39, 0.29) is 0 Å². The smallest absolute Gasteiger partial charge is 0.316 e. The van der Waals surface area contributed by atoms with Crippen LogP contribution in [0.3, 0.4) is 0 Å². The highest BCUT2D eigenvalue weighted by molar-refractivity contribution is 7.80. The molecule has 0 radical (unpaired) electrons. The Bertz CT molecular complexity index is 860. The quantitative estimate of drug-likeness (QED) is 0.852. The number of benzene rings is 1. The zero-order chi connectivity index (χ0) is 14.8. The minimum absolute atomic E-state index is 0.355. The van der Waals surface area contributed by atoms with Gasteiger partial charge in [-0.25, -0.2) is 4.79 Å². The molecule has 2 aromatic rings. The van der Waals surface area contributed by atoms with Crippen molar-refractivity contribution < 1.29 is 22.0 Å². The second kappa shape index (κ2) is 4.17. The lowest BCUT2D eigenvalue weighted by Gasteiger charge is -2.21. The fourth-order valence-corrected chi connectivity index (χ4v) is 4.54. The molecule has 1 saturated heterocycles. The molecule has 2 aliphatic heterocycles. The van der Waals surface area contributed by atoms with Crippen molar-refractivity contribution in [2.24, 2.45) is 0 Å². The Morgan fingerprint density at radius 2 is 2.10 bits per heavy atom. The van der Waals surface area contributed by atoms with Crippen LogP contribution in [0, 0.1) is 0 Å². The third kappa shape index (κ3) is 1.93. The number of amides is 2. The first-order valence-corrected chi connectivity index (χ1v) is 8.37. The first-order chi connectivity index (χ1) is 9.94. The van der Waals surface area contributed by atoms with E-state index in [0.717, 1.165) is 25.6 Å². The van der Waals surface area contributed by atoms with Gasteiger partial charge in [-0.3, -0.25) is 4.55 Å². The van der Waals surface area contributed by atoms with Gasteiger partial charge >= 0.3 is 16.4 Å². The van der Waals surface area contributed by atoms with Crippen molar-refractivity contribution >= 4 is 37.9 Å². The molecule has 2 bridgehead atoms. The van der Waals surface area contributed by atoms with E-state index in [1.54, 1.807) is 0 Å². The van der Waals surface area contributed by atoms with Crippen LogP contribution in [0.1, 0.15) is 16.5 Å². The average Bonchev–Trinajstić information content (AvgIpc) is 2.91. The van der Waals surface area contributed by atoms with Crippen molar-refractivity contribution in [3.8, 4) is 0 Å². The van der Waals surface area contributed by atoms with Crippen molar-refractivity contribution in [3.63, 3.8) is 0 Å². The van der Waals surface area contributed by atoms with Gasteiger partial charge in [0.05, 0.1) is 6.54 Å². The van der Waals surface area contributed by atoms with Gasteiger partial charge in [-0.2, -0.15) is 13.5 Å². The van der Waals surface area contributed by atoms with Crippen LogP contribution in [-0.4, -0.2) is 35.5 Å². The van der Waals surface area contributed by atoms with E-state index in [9.17, 15) is 13.2 Å². The molecule has 1 fully saturated rings. The summed E-state index contributed by atoms with van der Waals surface area (Å²) in [5.41, 5.74) is 1.02. The van der Waals surface area contributed by atoms with Gasteiger partial charge in [-0.15, -0.1) is 15.6 Å². The summed E-state index contributed by atoms with van der Waals surface area (Å²) in [6.45, 7) is 0.772. The summed E-state index contributed by atoms with van der Waals surface area (Å²) in [6.07, 6.45) is 0. The number of rotatable bonds is 2. The van der Waals surface area contributed by atoms with Gasteiger partial charge in [0.1, 0.15) is 6.04 Å². The molecule has 1 aromatic heterocycles. The average molecular weight is 326 g/mol. The molecule has 9 heteroatoms. The molecule has 0 spiro atoms. The van der Waals surface area contributed by atoms with Crippen molar-refractivity contribution in [2.45, 2.75) is 12.6 Å². The van der Waals surface area contributed by atoms with Crippen LogP contribution in [0.4, 0.5) is 4.79 Å². The van der Waals surface area contributed by atoms with E-state index in [1.165, 1.54) is 16.2 Å². The lowest BCUT2D eigenvalue weighted by molar-refractivity contribution is -0.0307. The zero-order valence-corrected chi connectivity index (χ0v) is 12.2. The Kier molecular flexibility index (Phi) is 2.58. The first kappa shape index (κ1) is 13.0. The van der Waals surface area contributed by atoms with E-state index >= 15 is 0 Å². The van der Waals surface area contributed by atoms with Gasteiger partial charge < -0.3 is 4.90 Å². The maximum atomic E-state index is 12.1. The Morgan fingerprint density at radius 3 is 2.86 bits per heavy atom. The van der Waals surface area contributed by atoms with Crippen LogP contribution in [0.2, 0.25) is 0 Å².